The minimum atomic E-state index is -3.33. The summed E-state index contributed by atoms with van der Waals surface area (Å²) in [5.41, 5.74) is 4.05. The van der Waals surface area contributed by atoms with Gasteiger partial charge in [0.2, 0.25) is 10.0 Å². The number of sulfonamides is 1. The average Bonchev–Trinajstić information content (AvgIpc) is 3.05. The van der Waals surface area contributed by atoms with Crippen LogP contribution >= 0.6 is 0 Å². The molecule has 2 aromatic carbocycles. The van der Waals surface area contributed by atoms with Gasteiger partial charge in [0.25, 0.3) is 0 Å². The van der Waals surface area contributed by atoms with Crippen LogP contribution in [0.3, 0.4) is 0 Å². The predicted octanol–water partition coefficient (Wildman–Crippen LogP) is 2.67. The summed E-state index contributed by atoms with van der Waals surface area (Å²) >= 11 is 0. The lowest BCUT2D eigenvalue weighted by Gasteiger charge is -2.16. The highest BCUT2D eigenvalue weighted by molar-refractivity contribution is 7.92. The van der Waals surface area contributed by atoms with Crippen LogP contribution in [-0.4, -0.2) is 39.6 Å². The predicted molar refractivity (Wildman–Crippen MR) is 103 cm³/mol. The van der Waals surface area contributed by atoms with Gasteiger partial charge in [-0.3, -0.25) is 9.10 Å². The molecule has 6 nitrogen and oxygen atoms in total. The summed E-state index contributed by atoms with van der Waals surface area (Å²) in [6.07, 6.45) is 1.71. The summed E-state index contributed by atoms with van der Waals surface area (Å²) < 4.78 is 30.1. The molecule has 0 unspecified atom stereocenters. The molecule has 27 heavy (non-hydrogen) atoms. The SMILES string of the molecule is Cc1cccc(C(=O)OCC(=O)c2ccc3c(c2)CCN3S(C)(=O)=O)c1C. The van der Waals surface area contributed by atoms with Gasteiger partial charge in [0.05, 0.1) is 17.5 Å². The number of anilines is 1. The van der Waals surface area contributed by atoms with Crippen molar-refractivity contribution in [3.05, 3.63) is 64.2 Å². The number of carbonyl (C=O) groups excluding carboxylic acids is 2. The molecule has 7 heteroatoms. The van der Waals surface area contributed by atoms with Crippen molar-refractivity contribution in [2.75, 3.05) is 23.7 Å². The first-order valence-corrected chi connectivity index (χ1v) is 10.4. The number of fused-ring (bicyclic) bond motifs is 1. The van der Waals surface area contributed by atoms with Crippen molar-refractivity contribution in [1.29, 1.82) is 0 Å². The van der Waals surface area contributed by atoms with Crippen LogP contribution in [0.1, 0.15) is 37.4 Å². The van der Waals surface area contributed by atoms with E-state index in [2.05, 4.69) is 0 Å². The Labute approximate surface area is 158 Å². The van der Waals surface area contributed by atoms with Crippen LogP contribution in [0.4, 0.5) is 5.69 Å². The Hall–Kier alpha value is -2.67. The van der Waals surface area contributed by atoms with Crippen molar-refractivity contribution >= 4 is 27.5 Å². The molecule has 0 radical (unpaired) electrons. The third-order valence-electron chi connectivity index (χ3n) is 4.81. The largest absolute Gasteiger partial charge is 0.454 e. The third-order valence-corrected chi connectivity index (χ3v) is 5.99. The molecule has 0 aliphatic carbocycles. The Bertz CT molecular complexity index is 1030. The van der Waals surface area contributed by atoms with Crippen LogP contribution in [0.25, 0.3) is 0 Å². The standard InChI is InChI=1S/C20H21NO5S/c1-13-5-4-6-17(14(13)2)20(23)26-12-19(22)16-7-8-18-15(11-16)9-10-21(18)27(3,24)25/h4-8,11H,9-10,12H2,1-3H3. The summed E-state index contributed by atoms with van der Waals surface area (Å²) in [5, 5.41) is 0. The fourth-order valence-electron chi connectivity index (χ4n) is 3.15. The monoisotopic (exact) mass is 387 g/mol. The number of hydrogen-bond donors (Lipinski definition) is 0. The van der Waals surface area contributed by atoms with Gasteiger partial charge in [-0.1, -0.05) is 12.1 Å². The van der Waals surface area contributed by atoms with Crippen molar-refractivity contribution in [2.45, 2.75) is 20.3 Å². The fraction of sp³-hybridized carbons (Fsp3) is 0.300. The van der Waals surface area contributed by atoms with Crippen LogP contribution in [0.2, 0.25) is 0 Å². The normalized spacial score (nSPS) is 13.4. The number of benzene rings is 2. The second-order valence-electron chi connectivity index (χ2n) is 6.68. The van der Waals surface area contributed by atoms with E-state index in [0.717, 1.165) is 22.9 Å². The van der Waals surface area contributed by atoms with Crippen molar-refractivity contribution in [3.63, 3.8) is 0 Å². The average molecular weight is 387 g/mol. The van der Waals surface area contributed by atoms with E-state index in [1.807, 2.05) is 19.9 Å². The summed E-state index contributed by atoms with van der Waals surface area (Å²) in [4.78, 5) is 24.6. The molecule has 2 aromatic rings. The summed E-state index contributed by atoms with van der Waals surface area (Å²) in [5.74, 6) is -0.858. The maximum absolute atomic E-state index is 12.4. The maximum Gasteiger partial charge on any atom is 0.338 e. The first kappa shape index (κ1) is 19.1. The van der Waals surface area contributed by atoms with E-state index < -0.39 is 16.0 Å². The molecule has 0 fully saturated rings. The number of Topliss-reactive ketones (excluding diaryl/α,β-unsaturated/α-hetero) is 1. The van der Waals surface area contributed by atoms with Crippen LogP contribution < -0.4 is 4.31 Å². The molecule has 1 heterocycles. The van der Waals surface area contributed by atoms with Gasteiger partial charge < -0.3 is 4.74 Å². The molecule has 0 spiro atoms. The number of carbonyl (C=O) groups is 2. The zero-order valence-corrected chi connectivity index (χ0v) is 16.3. The van der Waals surface area contributed by atoms with Gasteiger partial charge in [0, 0.05) is 12.1 Å². The summed E-state index contributed by atoms with van der Waals surface area (Å²) in [6.45, 7) is 3.75. The molecular weight excluding hydrogens is 366 g/mol. The van der Waals surface area contributed by atoms with Crippen LogP contribution in [0, 0.1) is 13.8 Å². The molecule has 142 valence electrons. The summed E-state index contributed by atoms with van der Waals surface area (Å²) in [7, 11) is -3.33. The lowest BCUT2D eigenvalue weighted by molar-refractivity contribution is 0.0474. The lowest BCUT2D eigenvalue weighted by Crippen LogP contribution is -2.27. The number of esters is 1. The van der Waals surface area contributed by atoms with Crippen LogP contribution in [0.5, 0.6) is 0 Å². The molecule has 1 aliphatic heterocycles. The van der Waals surface area contributed by atoms with Gasteiger partial charge in [-0.05, 0) is 61.2 Å². The van der Waals surface area contributed by atoms with Gasteiger partial charge in [0.15, 0.2) is 12.4 Å². The third kappa shape index (κ3) is 3.88. The van der Waals surface area contributed by atoms with Crippen molar-refractivity contribution < 1.29 is 22.7 Å². The van der Waals surface area contributed by atoms with Gasteiger partial charge in [-0.2, -0.15) is 0 Å². The number of hydrogen-bond acceptors (Lipinski definition) is 5. The van der Waals surface area contributed by atoms with Crippen LogP contribution in [-0.2, 0) is 21.2 Å². The first-order chi connectivity index (χ1) is 12.7. The molecule has 0 amide bonds. The van der Waals surface area contributed by atoms with Crippen molar-refractivity contribution in [2.24, 2.45) is 0 Å². The molecule has 1 aliphatic rings. The minimum Gasteiger partial charge on any atom is -0.454 e. The zero-order chi connectivity index (χ0) is 19.8. The molecule has 0 saturated heterocycles. The highest BCUT2D eigenvalue weighted by atomic mass is 32.2. The van der Waals surface area contributed by atoms with E-state index in [1.165, 1.54) is 4.31 Å². The van der Waals surface area contributed by atoms with Crippen LogP contribution in [0.15, 0.2) is 36.4 Å². The second kappa shape index (κ2) is 7.15. The Kier molecular flexibility index (Phi) is 5.06. The zero-order valence-electron chi connectivity index (χ0n) is 15.5. The number of nitrogens with zero attached hydrogens (tertiary/aromatic N) is 1. The number of rotatable bonds is 5. The Morgan fingerprint density at radius 1 is 1.15 bits per heavy atom. The van der Waals surface area contributed by atoms with E-state index >= 15 is 0 Å². The number of ketones is 1. The quantitative estimate of drug-likeness (QED) is 0.582. The molecular formula is C20H21NO5S. The number of aryl methyl sites for hydroxylation is 1. The topological polar surface area (TPSA) is 80.8 Å². The van der Waals surface area contributed by atoms with Crippen molar-refractivity contribution in [1.82, 2.24) is 0 Å². The Morgan fingerprint density at radius 3 is 2.59 bits per heavy atom. The second-order valence-corrected chi connectivity index (χ2v) is 8.58. The van der Waals surface area contributed by atoms with Gasteiger partial charge in [-0.15, -0.1) is 0 Å². The van der Waals surface area contributed by atoms with Crippen molar-refractivity contribution in [3.8, 4) is 0 Å². The highest BCUT2D eigenvalue weighted by Gasteiger charge is 2.27. The van der Waals surface area contributed by atoms with E-state index in [0.29, 0.717) is 29.8 Å². The van der Waals surface area contributed by atoms with Gasteiger partial charge in [-0.25, -0.2) is 13.2 Å². The molecule has 3 rings (SSSR count). The molecule has 0 atom stereocenters. The van der Waals surface area contributed by atoms with E-state index in [4.69, 9.17) is 4.74 Å². The fourth-order valence-corrected chi connectivity index (χ4v) is 4.11. The molecule has 0 bridgehead atoms. The lowest BCUT2D eigenvalue weighted by atomic mass is 10.0. The maximum atomic E-state index is 12.4. The van der Waals surface area contributed by atoms with E-state index in [-0.39, 0.29) is 12.4 Å². The number of ether oxygens (including phenoxy) is 1. The Morgan fingerprint density at radius 2 is 1.89 bits per heavy atom. The molecule has 0 N–H and O–H groups in total. The van der Waals surface area contributed by atoms with Gasteiger partial charge >= 0.3 is 5.97 Å². The van der Waals surface area contributed by atoms with E-state index in [9.17, 15) is 18.0 Å². The summed E-state index contributed by atoms with van der Waals surface area (Å²) in [6, 6.07) is 10.2. The van der Waals surface area contributed by atoms with Gasteiger partial charge in [0.1, 0.15) is 0 Å². The smallest absolute Gasteiger partial charge is 0.338 e. The Balaban J connectivity index is 1.71. The molecule has 0 aromatic heterocycles. The molecule has 0 saturated carbocycles. The minimum absolute atomic E-state index is 0.325. The first-order valence-electron chi connectivity index (χ1n) is 8.55. The highest BCUT2D eigenvalue weighted by Crippen LogP contribution is 2.30. The van der Waals surface area contributed by atoms with E-state index in [1.54, 1.807) is 30.3 Å².